The maximum Gasteiger partial charge on any atom is 0.346 e. The van der Waals surface area contributed by atoms with E-state index in [4.69, 9.17) is 16.3 Å². The Morgan fingerprint density at radius 1 is 1.53 bits per heavy atom. The number of carbonyl (C=O) groups is 1. The predicted molar refractivity (Wildman–Crippen MR) is 81.6 cm³/mol. The number of esters is 1. The summed E-state index contributed by atoms with van der Waals surface area (Å²) < 4.78 is 11.1. The SMILES string of the molecule is COC(=O)C(C)Oc1c(I)cc(Cl)c2cccnc12. The van der Waals surface area contributed by atoms with Crippen LogP contribution in [0.3, 0.4) is 0 Å². The number of methoxy groups -OCH3 is 1. The Morgan fingerprint density at radius 3 is 2.95 bits per heavy atom. The summed E-state index contributed by atoms with van der Waals surface area (Å²) in [5, 5.41) is 1.39. The monoisotopic (exact) mass is 391 g/mol. The number of rotatable bonds is 3. The zero-order chi connectivity index (χ0) is 14.0. The molecule has 6 heteroatoms. The van der Waals surface area contributed by atoms with Crippen LogP contribution in [0.2, 0.25) is 5.02 Å². The van der Waals surface area contributed by atoms with E-state index in [1.807, 2.05) is 6.07 Å². The number of hydrogen-bond donors (Lipinski definition) is 0. The van der Waals surface area contributed by atoms with Gasteiger partial charge in [-0.2, -0.15) is 0 Å². The molecule has 1 aromatic heterocycles. The standard InChI is InChI=1S/C13H11ClINO3/c1-7(13(17)18-2)19-12-10(15)6-9(14)8-4-3-5-16-11(8)12/h3-7H,1-2H3. The van der Waals surface area contributed by atoms with E-state index in [0.717, 1.165) is 8.96 Å². The van der Waals surface area contributed by atoms with Crippen molar-refractivity contribution in [1.29, 1.82) is 0 Å². The summed E-state index contributed by atoms with van der Waals surface area (Å²) in [7, 11) is 1.32. The van der Waals surface area contributed by atoms with Crippen LogP contribution in [0.15, 0.2) is 24.4 Å². The third kappa shape index (κ3) is 2.92. The van der Waals surface area contributed by atoms with Gasteiger partial charge in [0.15, 0.2) is 11.9 Å². The average molecular weight is 392 g/mol. The molecule has 0 bridgehead atoms. The van der Waals surface area contributed by atoms with E-state index >= 15 is 0 Å². The fourth-order valence-corrected chi connectivity index (χ4v) is 2.79. The van der Waals surface area contributed by atoms with Crippen molar-refractivity contribution < 1.29 is 14.3 Å². The number of halogens is 2. The van der Waals surface area contributed by atoms with Crippen LogP contribution in [-0.4, -0.2) is 24.2 Å². The molecule has 0 spiro atoms. The van der Waals surface area contributed by atoms with Crippen molar-refractivity contribution in [3.63, 3.8) is 0 Å². The van der Waals surface area contributed by atoms with Crippen LogP contribution < -0.4 is 4.74 Å². The zero-order valence-corrected chi connectivity index (χ0v) is 13.2. The molecule has 0 radical (unpaired) electrons. The van der Waals surface area contributed by atoms with Gasteiger partial charge >= 0.3 is 5.97 Å². The molecule has 1 heterocycles. The second-order valence-corrected chi connectivity index (χ2v) is 5.42. The molecule has 0 aliphatic carbocycles. The maximum absolute atomic E-state index is 11.4. The minimum Gasteiger partial charge on any atom is -0.476 e. The molecule has 0 amide bonds. The molecule has 0 N–H and O–H groups in total. The van der Waals surface area contributed by atoms with E-state index in [2.05, 4.69) is 32.3 Å². The first-order chi connectivity index (χ1) is 9.04. The minimum atomic E-state index is -0.704. The first-order valence-corrected chi connectivity index (χ1v) is 6.97. The van der Waals surface area contributed by atoms with Crippen LogP contribution in [0.5, 0.6) is 5.75 Å². The summed E-state index contributed by atoms with van der Waals surface area (Å²) >= 11 is 8.27. The number of fused-ring (bicyclic) bond motifs is 1. The lowest BCUT2D eigenvalue weighted by molar-refractivity contribution is -0.147. The lowest BCUT2D eigenvalue weighted by Crippen LogP contribution is -2.25. The van der Waals surface area contributed by atoms with Gasteiger partial charge in [-0.15, -0.1) is 0 Å². The van der Waals surface area contributed by atoms with Crippen LogP contribution in [-0.2, 0) is 9.53 Å². The Bertz CT molecular complexity index is 633. The van der Waals surface area contributed by atoms with E-state index in [9.17, 15) is 4.79 Å². The Labute approximate surface area is 129 Å². The van der Waals surface area contributed by atoms with Gasteiger partial charge < -0.3 is 9.47 Å². The van der Waals surface area contributed by atoms with Gasteiger partial charge in [-0.1, -0.05) is 11.6 Å². The van der Waals surface area contributed by atoms with Crippen molar-refractivity contribution in [2.24, 2.45) is 0 Å². The summed E-state index contributed by atoms with van der Waals surface area (Å²) in [6.45, 7) is 1.63. The highest BCUT2D eigenvalue weighted by molar-refractivity contribution is 14.1. The van der Waals surface area contributed by atoms with Crippen molar-refractivity contribution >= 4 is 51.1 Å². The highest BCUT2D eigenvalue weighted by Gasteiger charge is 2.19. The summed E-state index contributed by atoms with van der Waals surface area (Å²) in [4.78, 5) is 15.7. The fraction of sp³-hybridized carbons (Fsp3) is 0.231. The van der Waals surface area contributed by atoms with Crippen molar-refractivity contribution in [3.05, 3.63) is 33.0 Å². The minimum absolute atomic E-state index is 0.435. The van der Waals surface area contributed by atoms with Gasteiger partial charge in [0.05, 0.1) is 15.7 Å². The molecule has 2 aromatic rings. The molecule has 0 aliphatic heterocycles. The lowest BCUT2D eigenvalue weighted by atomic mass is 10.2. The second-order valence-electron chi connectivity index (χ2n) is 3.85. The van der Waals surface area contributed by atoms with E-state index in [0.29, 0.717) is 16.3 Å². The van der Waals surface area contributed by atoms with Gasteiger partial charge in [-0.05, 0) is 47.7 Å². The van der Waals surface area contributed by atoms with E-state index in [-0.39, 0.29) is 0 Å². The molecule has 0 aliphatic rings. The van der Waals surface area contributed by atoms with Crippen LogP contribution >= 0.6 is 34.2 Å². The van der Waals surface area contributed by atoms with E-state index in [1.165, 1.54) is 7.11 Å². The van der Waals surface area contributed by atoms with Gasteiger partial charge in [0.1, 0.15) is 5.52 Å². The van der Waals surface area contributed by atoms with E-state index < -0.39 is 12.1 Å². The van der Waals surface area contributed by atoms with Crippen molar-refractivity contribution in [3.8, 4) is 5.75 Å². The molecule has 1 atom stereocenters. The molecule has 100 valence electrons. The van der Waals surface area contributed by atoms with Crippen molar-refractivity contribution in [2.45, 2.75) is 13.0 Å². The number of carbonyl (C=O) groups excluding carboxylic acids is 1. The molecule has 0 saturated heterocycles. The number of ether oxygens (including phenoxy) is 2. The Morgan fingerprint density at radius 2 is 2.26 bits per heavy atom. The molecule has 1 unspecified atom stereocenters. The highest BCUT2D eigenvalue weighted by atomic mass is 127. The zero-order valence-electron chi connectivity index (χ0n) is 10.3. The Balaban J connectivity index is 2.51. The largest absolute Gasteiger partial charge is 0.476 e. The summed E-state index contributed by atoms with van der Waals surface area (Å²) in [6.07, 6.45) is 0.953. The number of hydrogen-bond acceptors (Lipinski definition) is 4. The van der Waals surface area contributed by atoms with Crippen LogP contribution in [0.25, 0.3) is 10.9 Å². The summed E-state index contributed by atoms with van der Waals surface area (Å²) in [5.41, 5.74) is 0.634. The molecule has 0 saturated carbocycles. The smallest absolute Gasteiger partial charge is 0.346 e. The van der Waals surface area contributed by atoms with Crippen LogP contribution in [0.1, 0.15) is 6.92 Å². The average Bonchev–Trinajstić information content (AvgIpc) is 2.42. The summed E-state index contributed by atoms with van der Waals surface area (Å²) in [5.74, 6) is 0.105. The maximum atomic E-state index is 11.4. The highest BCUT2D eigenvalue weighted by Crippen LogP contribution is 2.35. The number of benzene rings is 1. The van der Waals surface area contributed by atoms with Gasteiger partial charge in [-0.25, -0.2) is 4.79 Å². The molecule has 0 fully saturated rings. The van der Waals surface area contributed by atoms with Crippen molar-refractivity contribution in [1.82, 2.24) is 4.98 Å². The van der Waals surface area contributed by atoms with Crippen LogP contribution in [0, 0.1) is 3.57 Å². The predicted octanol–water partition coefficient (Wildman–Crippen LogP) is 3.43. The quantitative estimate of drug-likeness (QED) is 0.594. The molecule has 19 heavy (non-hydrogen) atoms. The van der Waals surface area contributed by atoms with Gasteiger partial charge in [0.2, 0.25) is 0 Å². The number of nitrogens with zero attached hydrogens (tertiary/aromatic N) is 1. The second kappa shape index (κ2) is 5.92. The van der Waals surface area contributed by atoms with Gasteiger partial charge in [-0.3, -0.25) is 4.98 Å². The number of pyridine rings is 1. The molecular weight excluding hydrogens is 381 g/mol. The van der Waals surface area contributed by atoms with Gasteiger partial charge in [0.25, 0.3) is 0 Å². The molecule has 1 aromatic carbocycles. The fourth-order valence-electron chi connectivity index (χ4n) is 1.65. The topological polar surface area (TPSA) is 48.4 Å². The first kappa shape index (κ1) is 14.3. The number of aromatic nitrogens is 1. The Hall–Kier alpha value is -1.08. The van der Waals surface area contributed by atoms with Gasteiger partial charge in [0, 0.05) is 11.6 Å². The molecule has 2 rings (SSSR count). The lowest BCUT2D eigenvalue weighted by Gasteiger charge is -2.15. The third-order valence-electron chi connectivity index (χ3n) is 2.58. The molecule has 4 nitrogen and oxygen atoms in total. The molecular formula is C13H11ClINO3. The normalized spacial score (nSPS) is 12.2. The summed E-state index contributed by atoms with van der Waals surface area (Å²) in [6, 6.07) is 5.44. The Kier molecular flexibility index (Phi) is 4.46. The first-order valence-electron chi connectivity index (χ1n) is 5.51. The van der Waals surface area contributed by atoms with Crippen molar-refractivity contribution in [2.75, 3.05) is 7.11 Å². The third-order valence-corrected chi connectivity index (χ3v) is 3.69. The van der Waals surface area contributed by atoms with E-state index in [1.54, 1.807) is 25.3 Å². The van der Waals surface area contributed by atoms with Crippen LogP contribution in [0.4, 0.5) is 0 Å².